The predicted octanol–water partition coefficient (Wildman–Crippen LogP) is 2.29. The Morgan fingerprint density at radius 1 is 1.00 bits per heavy atom. The first-order valence-electron chi connectivity index (χ1n) is 5.14. The van der Waals surface area contributed by atoms with Gasteiger partial charge >= 0.3 is 0 Å². The molecule has 0 amide bonds. The number of benzene rings is 1. The molecular weight excluding hydrogens is 186 g/mol. The summed E-state index contributed by atoms with van der Waals surface area (Å²) in [5.41, 5.74) is 1.40. The third-order valence-electron chi connectivity index (χ3n) is 2.32. The molecule has 0 atom stereocenters. The smallest absolute Gasteiger partial charge is 0.0775 e. The van der Waals surface area contributed by atoms with E-state index < -0.39 is 8.07 Å². The maximum absolute atomic E-state index is 2.38. The summed E-state index contributed by atoms with van der Waals surface area (Å²) in [4.78, 5) is 2.20. The molecule has 0 bridgehead atoms. The summed E-state index contributed by atoms with van der Waals surface area (Å²) in [6, 6.07) is 9.11. The molecule has 0 aliphatic heterocycles. The van der Waals surface area contributed by atoms with Gasteiger partial charge in [0.1, 0.15) is 0 Å². The van der Waals surface area contributed by atoms with Crippen LogP contribution in [-0.4, -0.2) is 27.1 Å². The van der Waals surface area contributed by atoms with Gasteiger partial charge in [-0.1, -0.05) is 49.1 Å². The quantitative estimate of drug-likeness (QED) is 0.688. The molecule has 0 heterocycles. The molecule has 0 radical (unpaired) electrons. The molecule has 0 aliphatic rings. The van der Waals surface area contributed by atoms with E-state index in [4.69, 9.17) is 0 Å². The van der Waals surface area contributed by atoms with Gasteiger partial charge in [-0.25, -0.2) is 0 Å². The van der Waals surface area contributed by atoms with Crippen LogP contribution in [0.3, 0.4) is 0 Å². The van der Waals surface area contributed by atoms with Crippen LogP contribution >= 0.6 is 0 Å². The van der Waals surface area contributed by atoms with Crippen molar-refractivity contribution < 1.29 is 0 Å². The van der Waals surface area contributed by atoms with Gasteiger partial charge in [-0.15, -0.1) is 0 Å². The lowest BCUT2D eigenvalue weighted by molar-refractivity contribution is 0.402. The van der Waals surface area contributed by atoms with E-state index >= 15 is 0 Å². The minimum Gasteiger partial charge on any atom is -0.305 e. The Balaban J connectivity index is 2.79. The maximum Gasteiger partial charge on any atom is 0.0775 e. The fourth-order valence-corrected chi connectivity index (χ4v) is 2.64. The van der Waals surface area contributed by atoms with E-state index in [1.807, 2.05) is 0 Å². The molecule has 0 unspecified atom stereocenters. The molecule has 0 fully saturated rings. The topological polar surface area (TPSA) is 3.24 Å². The van der Waals surface area contributed by atoms with Crippen LogP contribution in [0.4, 0.5) is 0 Å². The van der Waals surface area contributed by atoms with Crippen LogP contribution in [0.1, 0.15) is 5.56 Å². The van der Waals surface area contributed by atoms with Crippen molar-refractivity contribution in [2.24, 2.45) is 0 Å². The number of rotatable bonds is 3. The van der Waals surface area contributed by atoms with Crippen LogP contribution in [0.25, 0.3) is 0 Å². The van der Waals surface area contributed by atoms with Gasteiger partial charge in [0.2, 0.25) is 0 Å². The van der Waals surface area contributed by atoms with Crippen molar-refractivity contribution in [1.82, 2.24) is 4.90 Å². The fraction of sp³-hybridized carbons (Fsp3) is 0.500. The average Bonchev–Trinajstić information content (AvgIpc) is 2.02. The Bertz CT molecular complexity index is 282. The Hall–Kier alpha value is -0.603. The molecule has 1 aromatic carbocycles. The summed E-state index contributed by atoms with van der Waals surface area (Å²) in [6.45, 7) is 8.18. The van der Waals surface area contributed by atoms with Crippen molar-refractivity contribution in [3.05, 3.63) is 29.8 Å². The third kappa shape index (κ3) is 3.27. The Morgan fingerprint density at radius 3 is 1.86 bits per heavy atom. The van der Waals surface area contributed by atoms with Crippen LogP contribution in [0.5, 0.6) is 0 Å². The first-order valence-corrected chi connectivity index (χ1v) is 8.64. The van der Waals surface area contributed by atoms with E-state index in [2.05, 4.69) is 62.9 Å². The minimum atomic E-state index is -1.11. The van der Waals surface area contributed by atoms with Gasteiger partial charge in [-0.2, -0.15) is 0 Å². The highest BCUT2D eigenvalue weighted by Crippen LogP contribution is 2.05. The van der Waals surface area contributed by atoms with E-state index in [1.54, 1.807) is 5.19 Å². The van der Waals surface area contributed by atoms with E-state index in [0.717, 1.165) is 6.54 Å². The lowest BCUT2D eigenvalue weighted by atomic mass is 10.2. The van der Waals surface area contributed by atoms with Crippen molar-refractivity contribution in [3.8, 4) is 0 Å². The van der Waals surface area contributed by atoms with Crippen molar-refractivity contribution >= 4 is 13.3 Å². The van der Waals surface area contributed by atoms with Crippen LogP contribution in [-0.2, 0) is 6.54 Å². The molecule has 1 aromatic rings. The second kappa shape index (κ2) is 4.28. The SMILES string of the molecule is CN(C)Cc1ccc([Si](C)(C)C)cc1. The number of hydrogen-bond donors (Lipinski definition) is 0. The summed E-state index contributed by atoms with van der Waals surface area (Å²) in [5.74, 6) is 0. The zero-order chi connectivity index (χ0) is 10.8. The molecule has 1 rings (SSSR count). The molecule has 0 saturated heterocycles. The van der Waals surface area contributed by atoms with Gasteiger partial charge in [0.05, 0.1) is 8.07 Å². The van der Waals surface area contributed by atoms with Crippen molar-refractivity contribution in [2.45, 2.75) is 26.2 Å². The predicted molar refractivity (Wildman–Crippen MR) is 66.8 cm³/mol. The molecule has 0 aromatic heterocycles. The molecular formula is C12H21NSi. The molecule has 0 N–H and O–H groups in total. The summed E-state index contributed by atoms with van der Waals surface area (Å²) in [7, 11) is 3.10. The second-order valence-electron chi connectivity index (χ2n) is 5.18. The first-order chi connectivity index (χ1) is 6.39. The van der Waals surface area contributed by atoms with Crippen molar-refractivity contribution in [3.63, 3.8) is 0 Å². The lowest BCUT2D eigenvalue weighted by Crippen LogP contribution is -2.37. The number of hydrogen-bond acceptors (Lipinski definition) is 1. The van der Waals surface area contributed by atoms with Crippen LogP contribution in [0.2, 0.25) is 19.6 Å². The summed E-state index contributed by atoms with van der Waals surface area (Å²) < 4.78 is 0. The van der Waals surface area contributed by atoms with Gasteiger partial charge in [-0.3, -0.25) is 0 Å². The molecule has 0 aliphatic carbocycles. The third-order valence-corrected chi connectivity index (χ3v) is 4.38. The minimum absolute atomic E-state index is 1.03. The van der Waals surface area contributed by atoms with Gasteiger partial charge in [0.15, 0.2) is 0 Å². The van der Waals surface area contributed by atoms with Gasteiger partial charge in [0, 0.05) is 6.54 Å². The van der Waals surface area contributed by atoms with Crippen LogP contribution in [0.15, 0.2) is 24.3 Å². The summed E-state index contributed by atoms with van der Waals surface area (Å²) in [6.07, 6.45) is 0. The molecule has 78 valence electrons. The number of nitrogens with zero attached hydrogens (tertiary/aromatic N) is 1. The van der Waals surface area contributed by atoms with E-state index in [0.29, 0.717) is 0 Å². The molecule has 0 saturated carbocycles. The maximum atomic E-state index is 2.38. The second-order valence-corrected chi connectivity index (χ2v) is 10.3. The highest BCUT2D eigenvalue weighted by atomic mass is 28.3. The van der Waals surface area contributed by atoms with Crippen LogP contribution in [0, 0.1) is 0 Å². The molecule has 14 heavy (non-hydrogen) atoms. The Morgan fingerprint density at radius 2 is 1.50 bits per heavy atom. The van der Waals surface area contributed by atoms with Gasteiger partial charge in [0.25, 0.3) is 0 Å². The highest BCUT2D eigenvalue weighted by molar-refractivity contribution is 6.88. The molecule has 1 nitrogen and oxygen atoms in total. The van der Waals surface area contributed by atoms with Gasteiger partial charge in [-0.05, 0) is 19.7 Å². The molecule has 0 spiro atoms. The van der Waals surface area contributed by atoms with E-state index in [1.165, 1.54) is 5.56 Å². The zero-order valence-corrected chi connectivity index (χ0v) is 11.0. The standard InChI is InChI=1S/C12H21NSi/c1-13(2)10-11-6-8-12(9-7-11)14(3,4)5/h6-9H,10H2,1-5H3. The normalized spacial score (nSPS) is 12.1. The van der Waals surface area contributed by atoms with Crippen molar-refractivity contribution in [1.29, 1.82) is 0 Å². The van der Waals surface area contributed by atoms with Crippen LogP contribution < -0.4 is 5.19 Å². The molecule has 2 heteroatoms. The summed E-state index contributed by atoms with van der Waals surface area (Å²) in [5, 5.41) is 1.54. The lowest BCUT2D eigenvalue weighted by Gasteiger charge is -2.17. The monoisotopic (exact) mass is 207 g/mol. The van der Waals surface area contributed by atoms with Crippen molar-refractivity contribution in [2.75, 3.05) is 14.1 Å². The summed E-state index contributed by atoms with van der Waals surface area (Å²) >= 11 is 0. The van der Waals surface area contributed by atoms with E-state index in [-0.39, 0.29) is 0 Å². The highest BCUT2D eigenvalue weighted by Gasteiger charge is 2.15. The Labute approximate surface area is 88.8 Å². The van der Waals surface area contributed by atoms with Gasteiger partial charge < -0.3 is 4.90 Å². The fourth-order valence-electron chi connectivity index (χ4n) is 1.48. The first kappa shape index (κ1) is 11.5. The Kier molecular flexibility index (Phi) is 3.51. The zero-order valence-electron chi connectivity index (χ0n) is 9.96. The van der Waals surface area contributed by atoms with E-state index in [9.17, 15) is 0 Å². The largest absolute Gasteiger partial charge is 0.305 e. The average molecular weight is 207 g/mol.